The summed E-state index contributed by atoms with van der Waals surface area (Å²) < 4.78 is 5.11. The summed E-state index contributed by atoms with van der Waals surface area (Å²) in [6.45, 7) is 8.17. The molecule has 0 radical (unpaired) electrons. The van der Waals surface area contributed by atoms with E-state index in [2.05, 4.69) is 20.5 Å². The monoisotopic (exact) mass is 326 g/mol. The Morgan fingerprint density at radius 2 is 2.32 bits per heavy atom. The van der Waals surface area contributed by atoms with Gasteiger partial charge in [-0.2, -0.15) is 0 Å². The van der Waals surface area contributed by atoms with Crippen LogP contribution in [0.3, 0.4) is 0 Å². The first kappa shape index (κ1) is 17.2. The summed E-state index contributed by atoms with van der Waals surface area (Å²) in [5.41, 5.74) is 1.04. The van der Waals surface area contributed by atoms with Gasteiger partial charge in [-0.15, -0.1) is 11.3 Å². The zero-order valence-electron chi connectivity index (χ0n) is 13.6. The minimum atomic E-state index is -0.107. The van der Waals surface area contributed by atoms with Gasteiger partial charge in [-0.25, -0.2) is 9.78 Å². The van der Waals surface area contributed by atoms with Crippen molar-refractivity contribution in [2.24, 2.45) is 0 Å². The molecule has 124 valence electrons. The summed E-state index contributed by atoms with van der Waals surface area (Å²) in [6, 6.07) is 0.106. The summed E-state index contributed by atoms with van der Waals surface area (Å²) in [5.74, 6) is 0. The maximum Gasteiger partial charge on any atom is 0.315 e. The van der Waals surface area contributed by atoms with Crippen LogP contribution in [0.5, 0.6) is 0 Å². The average Bonchev–Trinajstić information content (AvgIpc) is 2.82. The Morgan fingerprint density at radius 3 is 3.00 bits per heavy atom. The number of methoxy groups -OCH3 is 1. The summed E-state index contributed by atoms with van der Waals surface area (Å²) in [6.07, 6.45) is 2.14. The number of amides is 2. The SMILES string of the molecule is COCCN1CCC[C@@H](NC(=O)NCc2nc(C)c(C)s2)C1. The van der Waals surface area contributed by atoms with E-state index in [0.29, 0.717) is 6.54 Å². The molecule has 2 rings (SSSR count). The van der Waals surface area contributed by atoms with E-state index in [1.54, 1.807) is 18.4 Å². The predicted molar refractivity (Wildman–Crippen MR) is 88.3 cm³/mol. The Kier molecular flexibility index (Phi) is 6.60. The van der Waals surface area contributed by atoms with Crippen molar-refractivity contribution in [1.82, 2.24) is 20.5 Å². The minimum Gasteiger partial charge on any atom is -0.383 e. The van der Waals surface area contributed by atoms with Crippen LogP contribution in [0.2, 0.25) is 0 Å². The van der Waals surface area contributed by atoms with Gasteiger partial charge in [-0.1, -0.05) is 0 Å². The van der Waals surface area contributed by atoms with Gasteiger partial charge in [-0.05, 0) is 33.2 Å². The number of thiazole rings is 1. The molecule has 2 heterocycles. The molecule has 1 atom stereocenters. The highest BCUT2D eigenvalue weighted by atomic mass is 32.1. The molecular formula is C15H26N4O2S. The minimum absolute atomic E-state index is 0.107. The Balaban J connectivity index is 1.72. The lowest BCUT2D eigenvalue weighted by atomic mass is 10.1. The van der Waals surface area contributed by atoms with Crippen molar-refractivity contribution in [2.45, 2.75) is 39.3 Å². The summed E-state index contributed by atoms with van der Waals surface area (Å²) in [4.78, 5) is 20.0. The van der Waals surface area contributed by atoms with Crippen molar-refractivity contribution >= 4 is 17.4 Å². The number of carbonyl (C=O) groups excluding carboxylic acids is 1. The molecule has 0 aliphatic carbocycles. The number of ether oxygens (including phenoxy) is 1. The van der Waals surface area contributed by atoms with E-state index < -0.39 is 0 Å². The molecule has 6 nitrogen and oxygen atoms in total. The van der Waals surface area contributed by atoms with Crippen LogP contribution in [0.25, 0.3) is 0 Å². The number of hydrogen-bond acceptors (Lipinski definition) is 5. The smallest absolute Gasteiger partial charge is 0.315 e. The molecule has 0 aromatic carbocycles. The van der Waals surface area contributed by atoms with Crippen molar-refractivity contribution in [3.63, 3.8) is 0 Å². The van der Waals surface area contributed by atoms with Gasteiger partial charge in [0.2, 0.25) is 0 Å². The highest BCUT2D eigenvalue weighted by molar-refractivity contribution is 7.11. The molecule has 0 unspecified atom stereocenters. The van der Waals surface area contributed by atoms with Gasteiger partial charge < -0.3 is 15.4 Å². The summed E-state index contributed by atoms with van der Waals surface area (Å²) in [7, 11) is 1.72. The molecule has 1 aromatic heterocycles. The number of likely N-dealkylation sites (tertiary alicyclic amines) is 1. The van der Waals surface area contributed by atoms with Crippen molar-refractivity contribution < 1.29 is 9.53 Å². The van der Waals surface area contributed by atoms with Crippen LogP contribution < -0.4 is 10.6 Å². The van der Waals surface area contributed by atoms with Crippen molar-refractivity contribution in [3.8, 4) is 0 Å². The molecule has 1 aromatic rings. The van der Waals surface area contributed by atoms with E-state index in [9.17, 15) is 4.79 Å². The number of rotatable bonds is 6. The molecule has 0 bridgehead atoms. The molecule has 1 saturated heterocycles. The van der Waals surface area contributed by atoms with E-state index in [1.165, 1.54) is 4.88 Å². The van der Waals surface area contributed by atoms with Gasteiger partial charge in [-0.3, -0.25) is 4.90 Å². The third-order valence-electron chi connectivity index (χ3n) is 3.93. The molecule has 0 spiro atoms. The first-order valence-corrected chi connectivity index (χ1v) is 8.58. The molecule has 1 aliphatic heterocycles. The summed E-state index contributed by atoms with van der Waals surface area (Å²) >= 11 is 1.64. The van der Waals surface area contributed by atoms with Gasteiger partial charge in [0, 0.05) is 31.1 Å². The topological polar surface area (TPSA) is 66.5 Å². The lowest BCUT2D eigenvalue weighted by Gasteiger charge is -2.32. The average molecular weight is 326 g/mol. The van der Waals surface area contributed by atoms with E-state index in [-0.39, 0.29) is 12.1 Å². The van der Waals surface area contributed by atoms with Crippen LogP contribution >= 0.6 is 11.3 Å². The lowest BCUT2D eigenvalue weighted by molar-refractivity contribution is 0.123. The van der Waals surface area contributed by atoms with E-state index >= 15 is 0 Å². The van der Waals surface area contributed by atoms with Crippen LogP contribution in [0.4, 0.5) is 4.79 Å². The van der Waals surface area contributed by atoms with Gasteiger partial charge in [0.25, 0.3) is 0 Å². The fraction of sp³-hybridized carbons (Fsp3) is 0.733. The molecule has 2 amide bonds. The molecule has 1 aliphatic rings. The van der Waals surface area contributed by atoms with E-state index in [0.717, 1.165) is 49.8 Å². The Labute approximate surface area is 136 Å². The maximum atomic E-state index is 12.0. The van der Waals surface area contributed by atoms with Crippen LogP contribution in [-0.4, -0.2) is 55.3 Å². The second-order valence-corrected chi connectivity index (χ2v) is 7.00. The van der Waals surface area contributed by atoms with Crippen LogP contribution in [0.15, 0.2) is 0 Å². The van der Waals surface area contributed by atoms with E-state index in [4.69, 9.17) is 4.74 Å². The molecule has 22 heavy (non-hydrogen) atoms. The maximum absolute atomic E-state index is 12.0. The normalized spacial score (nSPS) is 19.1. The molecule has 2 N–H and O–H groups in total. The van der Waals surface area contributed by atoms with Crippen molar-refractivity contribution in [2.75, 3.05) is 33.4 Å². The number of nitrogens with zero attached hydrogens (tertiary/aromatic N) is 2. The molecular weight excluding hydrogens is 300 g/mol. The first-order chi connectivity index (χ1) is 10.6. The fourth-order valence-corrected chi connectivity index (χ4v) is 3.48. The third-order valence-corrected chi connectivity index (χ3v) is 5.00. The van der Waals surface area contributed by atoms with Crippen molar-refractivity contribution in [1.29, 1.82) is 0 Å². The first-order valence-electron chi connectivity index (χ1n) is 7.77. The molecule has 1 fully saturated rings. The number of urea groups is 1. The number of hydrogen-bond donors (Lipinski definition) is 2. The van der Waals surface area contributed by atoms with Crippen LogP contribution in [0, 0.1) is 13.8 Å². The second-order valence-electron chi connectivity index (χ2n) is 5.71. The quantitative estimate of drug-likeness (QED) is 0.834. The number of carbonyl (C=O) groups is 1. The fourth-order valence-electron chi connectivity index (χ4n) is 2.60. The number of aromatic nitrogens is 1. The lowest BCUT2D eigenvalue weighted by Crippen LogP contribution is -2.50. The highest BCUT2D eigenvalue weighted by Gasteiger charge is 2.21. The largest absolute Gasteiger partial charge is 0.383 e. The zero-order valence-corrected chi connectivity index (χ0v) is 14.5. The number of aryl methyl sites for hydroxylation is 2. The standard InChI is InChI=1S/C15H26N4O2S/c1-11-12(2)22-14(17-11)9-16-15(20)18-13-5-4-6-19(10-13)7-8-21-3/h13H,4-10H2,1-3H3,(H2,16,18,20)/t13-/m1/s1. The number of piperidine rings is 1. The third kappa shape index (κ3) is 5.23. The second kappa shape index (κ2) is 8.45. The molecule has 7 heteroatoms. The van der Waals surface area contributed by atoms with E-state index in [1.807, 2.05) is 13.8 Å². The molecule has 0 saturated carbocycles. The Bertz CT molecular complexity index is 472. The van der Waals surface area contributed by atoms with Gasteiger partial charge in [0.15, 0.2) is 0 Å². The van der Waals surface area contributed by atoms with Crippen LogP contribution in [-0.2, 0) is 11.3 Å². The number of nitrogens with one attached hydrogen (secondary N) is 2. The predicted octanol–water partition coefficient (Wildman–Crippen LogP) is 1.67. The Morgan fingerprint density at radius 1 is 1.50 bits per heavy atom. The highest BCUT2D eigenvalue weighted by Crippen LogP contribution is 2.16. The van der Waals surface area contributed by atoms with Crippen LogP contribution in [0.1, 0.15) is 28.4 Å². The van der Waals surface area contributed by atoms with Gasteiger partial charge in [0.1, 0.15) is 5.01 Å². The Hall–Kier alpha value is -1.18. The van der Waals surface area contributed by atoms with Crippen molar-refractivity contribution in [3.05, 3.63) is 15.6 Å². The summed E-state index contributed by atoms with van der Waals surface area (Å²) in [5, 5.41) is 6.91. The van der Waals surface area contributed by atoms with Gasteiger partial charge >= 0.3 is 6.03 Å². The van der Waals surface area contributed by atoms with Gasteiger partial charge in [0.05, 0.1) is 18.8 Å². The zero-order chi connectivity index (χ0) is 15.9.